The summed E-state index contributed by atoms with van der Waals surface area (Å²) in [5.41, 5.74) is 6.81. The Morgan fingerprint density at radius 2 is 1.10 bits per heavy atom. The number of aromatic nitrogens is 2. The molecule has 2 aromatic heterocycles. The monoisotopic (exact) mass is 484 g/mol. The second-order valence-electron chi connectivity index (χ2n) is 6.95. The maximum atomic E-state index is 4.64. The minimum atomic E-state index is 0.958. The first-order valence-electron chi connectivity index (χ1n) is 9.43. The summed E-state index contributed by atoms with van der Waals surface area (Å²) < 4.78 is 1.25. The normalized spacial score (nSPS) is 10.9. The van der Waals surface area contributed by atoms with Gasteiger partial charge in [0.15, 0.2) is 0 Å². The molecule has 0 saturated heterocycles. The minimum Gasteiger partial charge on any atom is -0.265 e. The molecule has 0 spiro atoms. The average molecular weight is 484 g/mol. The fourth-order valence-electron chi connectivity index (χ4n) is 3.51. The van der Waals surface area contributed by atoms with E-state index in [1.54, 1.807) is 12.4 Å². The van der Waals surface area contributed by atoms with Gasteiger partial charge in [0, 0.05) is 33.3 Å². The Bertz CT molecular complexity index is 1280. The van der Waals surface area contributed by atoms with Crippen LogP contribution < -0.4 is 0 Å². The van der Waals surface area contributed by atoms with E-state index in [4.69, 9.17) is 0 Å². The van der Waals surface area contributed by atoms with Gasteiger partial charge in [0.2, 0.25) is 0 Å². The Balaban J connectivity index is 1.47. The first-order valence-corrected chi connectivity index (χ1v) is 10.5. The summed E-state index contributed by atoms with van der Waals surface area (Å²) in [5.74, 6) is 0. The molecule has 0 unspecified atom stereocenters. The summed E-state index contributed by atoms with van der Waals surface area (Å²) in [6, 6.07) is 30.0. The summed E-state index contributed by atoms with van der Waals surface area (Å²) >= 11 is 2.34. The van der Waals surface area contributed by atoms with Crippen LogP contribution in [0, 0.1) is 3.57 Å². The molecule has 29 heavy (non-hydrogen) atoms. The third-order valence-electron chi connectivity index (χ3n) is 5.09. The van der Waals surface area contributed by atoms with Crippen molar-refractivity contribution >= 4 is 33.4 Å². The molecule has 2 heterocycles. The molecule has 138 valence electrons. The van der Waals surface area contributed by atoms with Crippen molar-refractivity contribution < 1.29 is 0 Å². The summed E-state index contributed by atoms with van der Waals surface area (Å²) in [4.78, 5) is 8.70. The molecular formula is C26H17IN2. The fourth-order valence-corrected chi connectivity index (χ4v) is 3.86. The van der Waals surface area contributed by atoms with Gasteiger partial charge in [-0.05, 0) is 92.5 Å². The van der Waals surface area contributed by atoms with E-state index in [0.29, 0.717) is 0 Å². The Labute approximate surface area is 183 Å². The number of hydrogen-bond acceptors (Lipinski definition) is 2. The van der Waals surface area contributed by atoms with Crippen molar-refractivity contribution in [3.8, 4) is 33.5 Å². The largest absolute Gasteiger partial charge is 0.265 e. The molecule has 0 amide bonds. The van der Waals surface area contributed by atoms with Crippen LogP contribution in [0.3, 0.4) is 0 Å². The Morgan fingerprint density at radius 3 is 1.72 bits per heavy atom. The van der Waals surface area contributed by atoms with Crippen molar-refractivity contribution in [1.82, 2.24) is 9.97 Å². The molecule has 0 aliphatic heterocycles. The van der Waals surface area contributed by atoms with Gasteiger partial charge in [-0.15, -0.1) is 0 Å². The number of halogens is 1. The van der Waals surface area contributed by atoms with E-state index in [1.807, 2.05) is 18.3 Å². The zero-order chi connectivity index (χ0) is 19.6. The molecule has 0 saturated carbocycles. The number of nitrogens with zero attached hydrogens (tertiary/aromatic N) is 2. The molecule has 0 aliphatic rings. The summed E-state index contributed by atoms with van der Waals surface area (Å²) in [7, 11) is 0. The lowest BCUT2D eigenvalue weighted by Gasteiger charge is -2.08. The second kappa shape index (κ2) is 7.76. The molecule has 3 aromatic carbocycles. The molecule has 0 radical (unpaired) electrons. The number of hydrogen-bond donors (Lipinski definition) is 0. The van der Waals surface area contributed by atoms with Crippen LogP contribution in [0.25, 0.3) is 44.3 Å². The van der Waals surface area contributed by atoms with E-state index in [1.165, 1.54) is 31.0 Å². The lowest BCUT2D eigenvalue weighted by atomic mass is 9.98. The molecule has 0 atom stereocenters. The van der Waals surface area contributed by atoms with E-state index >= 15 is 0 Å². The van der Waals surface area contributed by atoms with Crippen LogP contribution in [0.15, 0.2) is 104 Å². The lowest BCUT2D eigenvalue weighted by Crippen LogP contribution is -1.86. The van der Waals surface area contributed by atoms with E-state index in [9.17, 15) is 0 Å². The Hall–Kier alpha value is -3.05. The third-order valence-corrected chi connectivity index (χ3v) is 5.81. The number of benzene rings is 3. The van der Waals surface area contributed by atoms with Gasteiger partial charge < -0.3 is 0 Å². The van der Waals surface area contributed by atoms with Crippen molar-refractivity contribution in [2.24, 2.45) is 0 Å². The highest BCUT2D eigenvalue weighted by Gasteiger charge is 2.05. The first-order chi connectivity index (χ1) is 14.3. The van der Waals surface area contributed by atoms with Gasteiger partial charge in [0.1, 0.15) is 0 Å². The molecule has 5 rings (SSSR count). The second-order valence-corrected chi connectivity index (χ2v) is 8.20. The Morgan fingerprint density at radius 1 is 0.517 bits per heavy atom. The Kier molecular flexibility index (Phi) is 4.82. The van der Waals surface area contributed by atoms with Crippen LogP contribution in [-0.4, -0.2) is 9.97 Å². The predicted molar refractivity (Wildman–Crippen MR) is 129 cm³/mol. The van der Waals surface area contributed by atoms with E-state index in [2.05, 4.69) is 105 Å². The van der Waals surface area contributed by atoms with Crippen LogP contribution in [-0.2, 0) is 0 Å². The summed E-state index contributed by atoms with van der Waals surface area (Å²) in [6.45, 7) is 0. The first kappa shape index (κ1) is 18.0. The third kappa shape index (κ3) is 3.78. The highest BCUT2D eigenvalue weighted by Crippen LogP contribution is 2.29. The van der Waals surface area contributed by atoms with E-state index < -0.39 is 0 Å². The van der Waals surface area contributed by atoms with Gasteiger partial charge in [0.25, 0.3) is 0 Å². The smallest absolute Gasteiger partial charge is 0.0703 e. The van der Waals surface area contributed by atoms with Crippen molar-refractivity contribution in [3.05, 3.63) is 107 Å². The number of pyridine rings is 2. The van der Waals surface area contributed by atoms with Crippen LogP contribution >= 0.6 is 22.6 Å². The van der Waals surface area contributed by atoms with E-state index in [-0.39, 0.29) is 0 Å². The van der Waals surface area contributed by atoms with E-state index in [0.717, 1.165) is 16.8 Å². The topological polar surface area (TPSA) is 25.8 Å². The van der Waals surface area contributed by atoms with Gasteiger partial charge in [-0.3, -0.25) is 9.97 Å². The van der Waals surface area contributed by atoms with Crippen LogP contribution in [0.4, 0.5) is 0 Å². The average Bonchev–Trinajstić information content (AvgIpc) is 2.80. The number of fused-ring (bicyclic) bond motifs is 1. The van der Waals surface area contributed by atoms with Gasteiger partial charge in [-0.1, -0.05) is 42.5 Å². The highest BCUT2D eigenvalue weighted by molar-refractivity contribution is 14.1. The molecular weight excluding hydrogens is 467 g/mol. The lowest BCUT2D eigenvalue weighted by molar-refractivity contribution is 1.29. The maximum Gasteiger partial charge on any atom is 0.0703 e. The molecule has 0 N–H and O–H groups in total. The van der Waals surface area contributed by atoms with Crippen molar-refractivity contribution in [2.45, 2.75) is 0 Å². The minimum absolute atomic E-state index is 0.958. The zero-order valence-corrected chi connectivity index (χ0v) is 17.7. The highest BCUT2D eigenvalue weighted by atomic mass is 127. The van der Waals surface area contributed by atoms with Crippen molar-refractivity contribution in [1.29, 1.82) is 0 Å². The summed E-state index contributed by atoms with van der Waals surface area (Å²) in [5, 5.41) is 2.47. The molecule has 3 heteroatoms. The predicted octanol–water partition coefficient (Wildman–Crippen LogP) is 7.24. The zero-order valence-electron chi connectivity index (χ0n) is 15.6. The van der Waals surface area contributed by atoms with Crippen LogP contribution in [0.5, 0.6) is 0 Å². The van der Waals surface area contributed by atoms with Gasteiger partial charge >= 0.3 is 0 Å². The molecule has 0 aliphatic carbocycles. The van der Waals surface area contributed by atoms with Gasteiger partial charge in [-0.25, -0.2) is 0 Å². The summed E-state index contributed by atoms with van der Waals surface area (Å²) in [6.07, 6.45) is 5.52. The van der Waals surface area contributed by atoms with Crippen LogP contribution in [0.2, 0.25) is 0 Å². The molecule has 0 fully saturated rings. The van der Waals surface area contributed by atoms with Gasteiger partial charge in [0.05, 0.1) is 5.69 Å². The SMILES string of the molecule is Ic1ccc(-c2ccc3cc(-c4ccc(-c5ccncc5)nc4)ccc3c2)cc1. The maximum absolute atomic E-state index is 4.64. The number of rotatable bonds is 3. The molecule has 0 bridgehead atoms. The van der Waals surface area contributed by atoms with Crippen molar-refractivity contribution in [3.63, 3.8) is 0 Å². The molecule has 2 nitrogen and oxygen atoms in total. The van der Waals surface area contributed by atoms with Crippen molar-refractivity contribution in [2.75, 3.05) is 0 Å². The fraction of sp³-hybridized carbons (Fsp3) is 0. The molecule has 5 aromatic rings. The quantitative estimate of drug-likeness (QED) is 0.253. The van der Waals surface area contributed by atoms with Gasteiger partial charge in [-0.2, -0.15) is 0 Å². The standard InChI is InChI=1S/C26H17IN2/c27-25-8-5-18(6-9-25)20-1-2-22-16-23(4-3-21(22)15-20)24-7-10-26(29-17-24)19-11-13-28-14-12-19/h1-17H. The van der Waals surface area contributed by atoms with Crippen LogP contribution in [0.1, 0.15) is 0 Å².